The van der Waals surface area contributed by atoms with Gasteiger partial charge in [0.05, 0.1) is 16.3 Å². The molecule has 0 bridgehead atoms. The molecular weight excluding hydrogens is 490 g/mol. The average Bonchev–Trinajstić information content (AvgIpc) is 3.37. The van der Waals surface area contributed by atoms with Gasteiger partial charge in [0.15, 0.2) is 17.1 Å². The predicted octanol–water partition coefficient (Wildman–Crippen LogP) is 5.79. The zero-order chi connectivity index (χ0) is 24.2. The van der Waals surface area contributed by atoms with E-state index in [-0.39, 0.29) is 17.8 Å². The van der Waals surface area contributed by atoms with Gasteiger partial charge >= 0.3 is 0 Å². The smallest absolute Gasteiger partial charge is 0.235 e. The van der Waals surface area contributed by atoms with E-state index in [1.54, 1.807) is 23.5 Å². The zero-order valence-electron chi connectivity index (χ0n) is 19.3. The average molecular weight is 516 g/mol. The number of nitrogens with one attached hydrogen (secondary N) is 1. The molecule has 0 fully saturated rings. The largest absolute Gasteiger partial charge is 0.481 e. The van der Waals surface area contributed by atoms with Crippen LogP contribution in [0, 0.1) is 17.2 Å². The Balaban J connectivity index is 1.38. The summed E-state index contributed by atoms with van der Waals surface area (Å²) in [6.07, 6.45) is 3.77. The molecule has 1 aliphatic carbocycles. The molecule has 0 saturated heterocycles. The fourth-order valence-corrected chi connectivity index (χ4v) is 6.32. The van der Waals surface area contributed by atoms with Crippen LogP contribution in [-0.4, -0.2) is 26.4 Å². The lowest BCUT2D eigenvalue weighted by Gasteiger charge is -2.20. The van der Waals surface area contributed by atoms with Crippen LogP contribution < -0.4 is 10.1 Å². The Hall–Kier alpha value is -2.54. The first-order valence-electron chi connectivity index (χ1n) is 11.2. The Morgan fingerprint density at radius 3 is 2.97 bits per heavy atom. The molecule has 2 atom stereocenters. The van der Waals surface area contributed by atoms with Crippen LogP contribution in [0.4, 0.5) is 5.00 Å². The van der Waals surface area contributed by atoms with Crippen LogP contribution in [0.15, 0.2) is 29.4 Å². The van der Waals surface area contributed by atoms with Gasteiger partial charge in [0.2, 0.25) is 5.91 Å². The molecule has 1 aliphatic rings. The van der Waals surface area contributed by atoms with Crippen LogP contribution in [-0.2, 0) is 24.7 Å². The number of halogens is 1. The topological polar surface area (TPSA) is 92.8 Å². The van der Waals surface area contributed by atoms with Gasteiger partial charge < -0.3 is 14.6 Å². The van der Waals surface area contributed by atoms with Crippen molar-refractivity contribution in [2.75, 3.05) is 11.1 Å². The summed E-state index contributed by atoms with van der Waals surface area (Å²) in [5.41, 5.74) is 1.74. The first-order valence-corrected chi connectivity index (χ1v) is 13.4. The molecule has 7 nitrogen and oxygen atoms in total. The van der Waals surface area contributed by atoms with Gasteiger partial charge in [0, 0.05) is 11.9 Å². The number of nitriles is 1. The highest BCUT2D eigenvalue weighted by Gasteiger charge is 2.26. The maximum atomic E-state index is 12.7. The number of thioether (sulfide) groups is 1. The molecule has 0 aliphatic heterocycles. The van der Waals surface area contributed by atoms with E-state index < -0.39 is 0 Å². The SMILES string of the molecule is CCC1CCc2c(sc(NC(=O)CSc3nnc(C(C)Oc4ccccc4Cl)n3C)c2C#N)C1. The van der Waals surface area contributed by atoms with Crippen LogP contribution >= 0.6 is 34.7 Å². The Morgan fingerprint density at radius 1 is 1.44 bits per heavy atom. The van der Waals surface area contributed by atoms with E-state index in [0.29, 0.717) is 38.2 Å². The molecule has 1 aromatic carbocycles. The fourth-order valence-electron chi connectivity index (χ4n) is 4.09. The summed E-state index contributed by atoms with van der Waals surface area (Å²) in [5.74, 6) is 1.86. The van der Waals surface area contributed by atoms with Crippen molar-refractivity contribution in [3.05, 3.63) is 51.1 Å². The molecular formula is C24H26ClN5O2S2. The van der Waals surface area contributed by atoms with Crippen molar-refractivity contribution < 1.29 is 9.53 Å². The number of benzene rings is 1. The highest BCUT2D eigenvalue weighted by molar-refractivity contribution is 7.99. The number of carbonyl (C=O) groups excluding carboxylic acids is 1. The summed E-state index contributed by atoms with van der Waals surface area (Å²) in [7, 11) is 1.84. The summed E-state index contributed by atoms with van der Waals surface area (Å²) in [6, 6.07) is 9.57. The van der Waals surface area contributed by atoms with Crippen molar-refractivity contribution in [1.82, 2.24) is 14.8 Å². The van der Waals surface area contributed by atoms with Crippen molar-refractivity contribution >= 4 is 45.6 Å². The van der Waals surface area contributed by atoms with Crippen LogP contribution in [0.25, 0.3) is 0 Å². The fraction of sp³-hybridized carbons (Fsp3) is 0.417. The Labute approximate surface area is 212 Å². The van der Waals surface area contributed by atoms with Crippen LogP contribution in [0.5, 0.6) is 5.75 Å². The van der Waals surface area contributed by atoms with Gasteiger partial charge in [-0.25, -0.2) is 0 Å². The van der Waals surface area contributed by atoms with Crippen LogP contribution in [0.3, 0.4) is 0 Å². The summed E-state index contributed by atoms with van der Waals surface area (Å²) < 4.78 is 7.75. The number of rotatable bonds is 8. The number of anilines is 1. The normalized spacial score (nSPS) is 15.9. The second kappa shape index (κ2) is 10.8. The van der Waals surface area contributed by atoms with Gasteiger partial charge in [-0.3, -0.25) is 4.79 Å². The van der Waals surface area contributed by atoms with Crippen molar-refractivity contribution in [1.29, 1.82) is 5.26 Å². The summed E-state index contributed by atoms with van der Waals surface area (Å²) in [5, 5.41) is 22.9. The summed E-state index contributed by atoms with van der Waals surface area (Å²) in [6.45, 7) is 4.08. The minimum Gasteiger partial charge on any atom is -0.481 e. The highest BCUT2D eigenvalue weighted by Crippen LogP contribution is 2.40. The lowest BCUT2D eigenvalue weighted by molar-refractivity contribution is -0.113. The van der Waals surface area contributed by atoms with Gasteiger partial charge in [-0.2, -0.15) is 5.26 Å². The molecule has 2 heterocycles. The lowest BCUT2D eigenvalue weighted by atomic mass is 9.86. The molecule has 1 N–H and O–H groups in total. The number of para-hydroxylation sites is 1. The number of carbonyl (C=O) groups is 1. The first-order chi connectivity index (χ1) is 16.4. The van der Waals surface area contributed by atoms with E-state index in [0.717, 1.165) is 31.2 Å². The molecule has 2 aromatic heterocycles. The standard InChI is InChI=1S/C24H26ClN5O2S2/c1-4-15-9-10-16-17(12-26)23(34-20(16)11-15)27-21(31)13-33-24-29-28-22(30(24)3)14(2)32-19-8-6-5-7-18(19)25/h5-8,14-15H,4,9-11,13H2,1-3H3,(H,27,31). The maximum Gasteiger partial charge on any atom is 0.235 e. The Bertz CT molecular complexity index is 1230. The molecule has 1 amide bonds. The van der Waals surface area contributed by atoms with Gasteiger partial charge in [0.1, 0.15) is 16.8 Å². The minimum atomic E-state index is -0.372. The van der Waals surface area contributed by atoms with Gasteiger partial charge in [-0.15, -0.1) is 21.5 Å². The highest BCUT2D eigenvalue weighted by atomic mass is 35.5. The van der Waals surface area contributed by atoms with E-state index in [4.69, 9.17) is 16.3 Å². The molecule has 4 rings (SSSR count). The Morgan fingerprint density at radius 2 is 2.24 bits per heavy atom. The van der Waals surface area contributed by atoms with Crippen LogP contribution in [0.1, 0.15) is 54.6 Å². The van der Waals surface area contributed by atoms with Crippen molar-refractivity contribution in [2.24, 2.45) is 13.0 Å². The molecule has 3 aromatic rings. The predicted molar refractivity (Wildman–Crippen MR) is 136 cm³/mol. The van der Waals surface area contributed by atoms with Crippen molar-refractivity contribution in [3.63, 3.8) is 0 Å². The van der Waals surface area contributed by atoms with E-state index in [2.05, 4.69) is 28.5 Å². The van der Waals surface area contributed by atoms with Gasteiger partial charge in [0.25, 0.3) is 0 Å². The van der Waals surface area contributed by atoms with Crippen LogP contribution in [0.2, 0.25) is 5.02 Å². The van der Waals surface area contributed by atoms with E-state index in [1.165, 1.54) is 16.6 Å². The maximum absolute atomic E-state index is 12.7. The molecule has 178 valence electrons. The van der Waals surface area contributed by atoms with E-state index in [9.17, 15) is 10.1 Å². The van der Waals surface area contributed by atoms with E-state index in [1.807, 2.05) is 30.7 Å². The second-order valence-electron chi connectivity index (χ2n) is 8.26. The molecule has 0 saturated carbocycles. The number of hydrogen-bond acceptors (Lipinski definition) is 7. The number of nitrogens with zero attached hydrogens (tertiary/aromatic N) is 4. The first kappa shape index (κ1) is 24.6. The minimum absolute atomic E-state index is 0.163. The molecule has 34 heavy (non-hydrogen) atoms. The molecule has 0 radical (unpaired) electrons. The number of amides is 1. The third kappa shape index (κ3) is 5.24. The second-order valence-corrected chi connectivity index (χ2v) is 10.7. The third-order valence-corrected chi connectivity index (χ3v) is 8.52. The monoisotopic (exact) mass is 515 g/mol. The van der Waals surface area contributed by atoms with Crippen molar-refractivity contribution in [3.8, 4) is 11.8 Å². The molecule has 2 unspecified atom stereocenters. The number of ether oxygens (including phenoxy) is 1. The number of fused-ring (bicyclic) bond motifs is 1. The Kier molecular flexibility index (Phi) is 7.81. The molecule has 0 spiro atoms. The lowest BCUT2D eigenvalue weighted by Crippen LogP contribution is -2.15. The quantitative estimate of drug-likeness (QED) is 0.382. The van der Waals surface area contributed by atoms with E-state index >= 15 is 0 Å². The van der Waals surface area contributed by atoms with Crippen molar-refractivity contribution in [2.45, 2.75) is 50.8 Å². The number of aromatic nitrogens is 3. The summed E-state index contributed by atoms with van der Waals surface area (Å²) in [4.78, 5) is 13.9. The zero-order valence-corrected chi connectivity index (χ0v) is 21.7. The van der Waals surface area contributed by atoms with Gasteiger partial charge in [-0.1, -0.05) is 48.8 Å². The molecule has 10 heteroatoms. The number of thiophene rings is 1. The number of hydrogen-bond donors (Lipinski definition) is 1. The summed E-state index contributed by atoms with van der Waals surface area (Å²) >= 11 is 9.02. The third-order valence-electron chi connectivity index (χ3n) is 6.01. The van der Waals surface area contributed by atoms with Gasteiger partial charge in [-0.05, 0) is 49.8 Å².